The van der Waals surface area contributed by atoms with E-state index in [2.05, 4.69) is 374 Å². The first kappa shape index (κ1) is 99.6. The molecule has 0 amide bonds. The van der Waals surface area contributed by atoms with Crippen molar-refractivity contribution in [1.29, 1.82) is 0 Å². The minimum atomic E-state index is -2.59. The second kappa shape index (κ2) is 43.5. The van der Waals surface area contributed by atoms with Crippen LogP contribution in [0.5, 0.6) is 0 Å². The van der Waals surface area contributed by atoms with Crippen molar-refractivity contribution in [3.63, 3.8) is 0 Å². The molecule has 0 aliphatic carbocycles. The molecular formula is C129H123BO5P2S3. The van der Waals surface area contributed by atoms with Crippen LogP contribution in [0.25, 0.3) is 126 Å². The highest BCUT2D eigenvalue weighted by molar-refractivity contribution is 7.78. The molecule has 140 heavy (non-hydrogen) atoms. The molecule has 6 aromatic heterocycles. The lowest BCUT2D eigenvalue weighted by molar-refractivity contribution is 0.589. The predicted molar refractivity (Wildman–Crippen MR) is 620 cm³/mol. The zero-order valence-corrected chi connectivity index (χ0v) is 88.6. The topological polar surface area (TPSA) is 73.6 Å². The van der Waals surface area contributed by atoms with E-state index in [1.807, 2.05) is 169 Å². The summed E-state index contributed by atoms with van der Waals surface area (Å²) >= 11 is 5.63. The first-order valence-electron chi connectivity index (χ1n) is 48.1. The Bertz CT molecular complexity index is 8110. The Morgan fingerprint density at radius 1 is 0.207 bits per heavy atom. The molecule has 0 unspecified atom stereocenters. The van der Waals surface area contributed by atoms with Crippen LogP contribution in [-0.2, 0) is 9.13 Å². The molecule has 5 nitrogen and oxygen atoms in total. The first-order chi connectivity index (χ1) is 67.3. The number of hydrogen-bond donors (Lipinski definition) is 0. The predicted octanol–water partition coefficient (Wildman–Crippen LogP) is 35.7. The standard InChI is InChI=1S/C19H25B.C19H25OP.C13H13OP.3C13H10O.3C13H10S/c1-12-8-14(3)18(15(4)9-12)20(7)19-16(5)10-13(2)11-17(19)6;1-12-8-14(3)18(15(4)9-12)21(7,20)19-16(5)10-13(2)11-17(19)6;1-15(14,12-8-4-2-5-9-12)13-10-6-3-7-11-13;1-9-5-4-7-11-10-6-2-3-8-12(10)14-13(9)11;1-9-6-7-13-11(8-9)10-4-2-3-5-12(10)14-13;1-9-6-7-11-10-4-2-3-5-12(10)14-13(11)8-9;1-9-5-4-7-11-10-6-2-3-8-12(10)14-13(9)11;1-9-6-7-13-11(8-9)10-4-2-3-5-12(10)14-13;1-9-6-7-11-10-4-2-3-5-12(10)14-13(11)8-9/h8-11H,1-7H3;8-11H,1-7H3;2-11H,1H3;6*2-8H,1H3. The molecule has 0 aliphatic rings. The van der Waals surface area contributed by atoms with E-state index in [0.717, 1.165) is 77.0 Å². The summed E-state index contributed by atoms with van der Waals surface area (Å²) in [6, 6.07) is 126. The largest absolute Gasteiger partial charge is 0.456 e. The SMILES string of the molecule is CB(c1c(C)cc(C)cc1C)c1c(C)cc(C)cc1C.CP(=O)(c1ccccc1)c1ccccc1.Cc1cc(C)c(P(C)(=O)c2c(C)cc(C)cc2C)c(C)c1.Cc1ccc2c(c1)oc1ccccc12.Cc1ccc2c(c1)sc1ccccc12.Cc1ccc2oc3ccccc3c2c1.Cc1ccc2sc3ccccc3c2c1.Cc1cccc2c1oc1ccccc12.Cc1cccc2c1sc1ccccc12. The van der Waals surface area contributed by atoms with Gasteiger partial charge in [0.1, 0.15) is 47.8 Å². The Hall–Kier alpha value is -13.5. The van der Waals surface area contributed by atoms with E-state index in [1.54, 1.807) is 0 Å². The molecule has 0 radical (unpaired) electrons. The van der Waals surface area contributed by atoms with Crippen molar-refractivity contribution in [2.24, 2.45) is 0 Å². The van der Waals surface area contributed by atoms with Gasteiger partial charge in [0.25, 0.3) is 0 Å². The third-order valence-electron chi connectivity index (χ3n) is 26.3. The Morgan fingerprint density at radius 3 is 1.02 bits per heavy atom. The molecule has 24 aromatic rings. The molecular weight excluding hydrogens is 1800 g/mol. The second-order valence-electron chi connectivity index (χ2n) is 37.9. The third-order valence-corrected chi connectivity index (χ3v) is 35.6. The molecule has 0 atom stereocenters. The van der Waals surface area contributed by atoms with Gasteiger partial charge < -0.3 is 22.4 Å². The molecule has 11 heteroatoms. The molecule has 24 rings (SSSR count). The summed E-state index contributed by atoms with van der Waals surface area (Å²) in [5, 5.41) is 19.4. The summed E-state index contributed by atoms with van der Waals surface area (Å²) in [7, 11) is -4.98. The maximum atomic E-state index is 13.7. The summed E-state index contributed by atoms with van der Waals surface area (Å²) < 4.78 is 51.9. The smallest absolute Gasteiger partial charge is 0.207 e. The van der Waals surface area contributed by atoms with E-state index in [1.165, 1.54) is 182 Å². The lowest BCUT2D eigenvalue weighted by Gasteiger charge is -2.23. The van der Waals surface area contributed by atoms with Crippen molar-refractivity contribution >= 4 is 213 Å². The number of aryl methyl sites for hydroxylation is 18. The monoisotopic (exact) mass is 1920 g/mol. The quantitative estimate of drug-likeness (QED) is 0.123. The number of fused-ring (bicyclic) bond motifs is 18. The van der Waals surface area contributed by atoms with E-state index >= 15 is 0 Å². The minimum Gasteiger partial charge on any atom is -0.456 e. The van der Waals surface area contributed by atoms with Gasteiger partial charge in [0, 0.05) is 114 Å². The Morgan fingerprint density at radius 2 is 0.521 bits per heavy atom. The Labute approximate surface area is 838 Å². The van der Waals surface area contributed by atoms with Gasteiger partial charge in [-0.15, -0.1) is 34.0 Å². The summed E-state index contributed by atoms with van der Waals surface area (Å²) in [6.07, 6.45) is 0. The van der Waals surface area contributed by atoms with Crippen LogP contribution in [0.4, 0.5) is 0 Å². The number of hydrogen-bond acceptors (Lipinski definition) is 8. The second-order valence-corrected chi connectivity index (χ2v) is 46.7. The van der Waals surface area contributed by atoms with Crippen molar-refractivity contribution in [2.45, 2.75) is 131 Å². The van der Waals surface area contributed by atoms with E-state index < -0.39 is 14.3 Å². The van der Waals surface area contributed by atoms with Gasteiger partial charge in [-0.05, 0) is 255 Å². The minimum absolute atomic E-state index is 0.455. The van der Waals surface area contributed by atoms with Crippen LogP contribution in [0, 0.1) is 125 Å². The number of thiophene rings is 3. The Kier molecular flexibility index (Phi) is 30.9. The number of furan rings is 3. The van der Waals surface area contributed by atoms with E-state index in [9.17, 15) is 9.13 Å². The van der Waals surface area contributed by atoms with Gasteiger partial charge in [0.05, 0.1) is 0 Å². The molecule has 0 aliphatic heterocycles. The molecule has 700 valence electrons. The van der Waals surface area contributed by atoms with Crippen LogP contribution in [-0.4, -0.2) is 20.0 Å². The third kappa shape index (κ3) is 22.2. The zero-order chi connectivity index (χ0) is 99.0. The number of benzene rings is 18. The molecule has 0 fully saturated rings. The molecule has 0 N–H and O–H groups in total. The summed E-state index contributed by atoms with van der Waals surface area (Å²) in [5.41, 5.74) is 31.9. The van der Waals surface area contributed by atoms with Crippen molar-refractivity contribution < 1.29 is 22.4 Å². The van der Waals surface area contributed by atoms with Crippen molar-refractivity contribution in [1.82, 2.24) is 0 Å². The van der Waals surface area contributed by atoms with Gasteiger partial charge in [0.2, 0.25) is 6.71 Å². The van der Waals surface area contributed by atoms with Gasteiger partial charge in [-0.2, -0.15) is 0 Å². The average molecular weight is 1920 g/mol. The van der Waals surface area contributed by atoms with Crippen LogP contribution in [0.15, 0.2) is 377 Å². The Balaban J connectivity index is 0.000000114. The van der Waals surface area contributed by atoms with Crippen LogP contribution in [0.1, 0.15) is 100 Å². The average Bonchev–Trinajstić information content (AvgIpc) is 1.04. The maximum Gasteiger partial charge on any atom is 0.207 e. The highest BCUT2D eigenvalue weighted by atomic mass is 32.1. The fourth-order valence-electron chi connectivity index (χ4n) is 20.4. The highest BCUT2D eigenvalue weighted by Gasteiger charge is 2.30. The molecule has 0 saturated carbocycles. The van der Waals surface area contributed by atoms with Gasteiger partial charge in [0.15, 0.2) is 0 Å². The molecule has 0 saturated heterocycles. The first-order valence-corrected chi connectivity index (χ1v) is 54.9. The molecule has 18 aromatic carbocycles. The lowest BCUT2D eigenvalue weighted by Crippen LogP contribution is -2.45. The van der Waals surface area contributed by atoms with Gasteiger partial charge in [-0.3, -0.25) is 0 Å². The van der Waals surface area contributed by atoms with Crippen LogP contribution in [0.3, 0.4) is 0 Å². The lowest BCUT2D eigenvalue weighted by atomic mass is 9.39. The van der Waals surface area contributed by atoms with Crippen molar-refractivity contribution in [2.75, 3.05) is 13.3 Å². The number of rotatable bonds is 6. The fraction of sp³-hybridized carbons (Fsp3) is 0.163. The zero-order valence-electron chi connectivity index (χ0n) is 84.4. The molecule has 0 spiro atoms. The van der Waals surface area contributed by atoms with Gasteiger partial charge in [-0.25, -0.2) is 0 Å². The summed E-state index contributed by atoms with van der Waals surface area (Å²) in [4.78, 5) is 0. The van der Waals surface area contributed by atoms with Crippen LogP contribution < -0.4 is 32.1 Å². The number of para-hydroxylation sites is 4. The van der Waals surface area contributed by atoms with E-state index in [0.29, 0.717) is 6.71 Å². The van der Waals surface area contributed by atoms with Gasteiger partial charge in [-0.1, -0.05) is 365 Å². The van der Waals surface area contributed by atoms with E-state index in [-0.39, 0.29) is 0 Å². The summed E-state index contributed by atoms with van der Waals surface area (Å²) in [6.45, 7) is 45.0. The van der Waals surface area contributed by atoms with Crippen LogP contribution in [0.2, 0.25) is 6.82 Å². The van der Waals surface area contributed by atoms with Crippen molar-refractivity contribution in [3.05, 3.63) is 464 Å². The van der Waals surface area contributed by atoms with Gasteiger partial charge >= 0.3 is 0 Å². The van der Waals surface area contributed by atoms with Crippen molar-refractivity contribution in [3.8, 4) is 0 Å². The maximum absolute atomic E-state index is 13.7. The molecule has 0 bridgehead atoms. The normalized spacial score (nSPS) is 11.2. The highest BCUT2D eigenvalue weighted by Crippen LogP contribution is 2.45. The van der Waals surface area contributed by atoms with Crippen LogP contribution >= 0.6 is 48.3 Å². The molecule has 6 heterocycles. The summed E-state index contributed by atoms with van der Waals surface area (Å²) in [5.74, 6) is 0. The van der Waals surface area contributed by atoms with E-state index in [4.69, 9.17) is 13.3 Å². The fourth-order valence-corrected chi connectivity index (χ4v) is 28.8.